The Morgan fingerprint density at radius 2 is 1.95 bits per heavy atom. The molecule has 2 N–H and O–H groups in total. The summed E-state index contributed by atoms with van der Waals surface area (Å²) in [5.74, 6) is -0.177. The van der Waals surface area contributed by atoms with Crippen molar-refractivity contribution in [3.8, 4) is 5.75 Å². The van der Waals surface area contributed by atoms with Crippen LogP contribution >= 0.6 is 0 Å². The Morgan fingerprint density at radius 1 is 1.24 bits per heavy atom. The Bertz CT molecular complexity index is 592. The molecule has 2 rings (SSSR count). The number of nitrogens with one attached hydrogen (secondary N) is 1. The lowest BCUT2D eigenvalue weighted by atomic mass is 10.2. The molecule has 0 amide bonds. The average molecular weight is 286 g/mol. The van der Waals surface area contributed by atoms with Crippen molar-refractivity contribution in [3.63, 3.8) is 0 Å². The molecule has 0 radical (unpaired) electrons. The topological polar surface area (TPSA) is 71.5 Å². The zero-order chi connectivity index (χ0) is 15.2. The minimum absolute atomic E-state index is 0.129. The highest BCUT2D eigenvalue weighted by atomic mass is 16.5. The maximum atomic E-state index is 11.7. The predicted octanol–water partition coefficient (Wildman–Crippen LogP) is 2.96. The van der Waals surface area contributed by atoms with Gasteiger partial charge in [0.25, 0.3) is 0 Å². The standard InChI is InChI=1S/C16H18N2O3/c1-11(2)21-16(20)12-3-5-13(6-4-12)17-9-14-7-8-15(19)10-18-14/h3-8,10-11,17,19H,9H2,1-2H3. The molecule has 0 saturated carbocycles. The summed E-state index contributed by atoms with van der Waals surface area (Å²) in [7, 11) is 0. The molecule has 2 aromatic rings. The van der Waals surface area contributed by atoms with Crippen LogP contribution in [0.15, 0.2) is 42.6 Å². The second-order valence-electron chi connectivity index (χ2n) is 4.89. The highest BCUT2D eigenvalue weighted by molar-refractivity contribution is 5.89. The number of carbonyl (C=O) groups excluding carboxylic acids is 1. The molecule has 5 nitrogen and oxygen atoms in total. The minimum Gasteiger partial charge on any atom is -0.506 e. The van der Waals surface area contributed by atoms with E-state index in [4.69, 9.17) is 9.84 Å². The number of aromatic nitrogens is 1. The van der Waals surface area contributed by atoms with Gasteiger partial charge in [-0.3, -0.25) is 4.98 Å². The molecule has 1 heterocycles. The maximum Gasteiger partial charge on any atom is 0.338 e. The molecular weight excluding hydrogens is 268 g/mol. The SMILES string of the molecule is CC(C)OC(=O)c1ccc(NCc2ccc(O)cn2)cc1. The van der Waals surface area contributed by atoms with Crippen molar-refractivity contribution in [2.75, 3.05) is 5.32 Å². The molecule has 21 heavy (non-hydrogen) atoms. The lowest BCUT2D eigenvalue weighted by molar-refractivity contribution is 0.0378. The van der Waals surface area contributed by atoms with Crippen molar-refractivity contribution in [2.45, 2.75) is 26.5 Å². The van der Waals surface area contributed by atoms with E-state index in [1.807, 2.05) is 26.0 Å². The summed E-state index contributed by atoms with van der Waals surface area (Å²) in [4.78, 5) is 15.8. The molecule has 0 fully saturated rings. The van der Waals surface area contributed by atoms with E-state index < -0.39 is 0 Å². The number of pyridine rings is 1. The van der Waals surface area contributed by atoms with E-state index in [-0.39, 0.29) is 17.8 Å². The third-order valence-corrected chi connectivity index (χ3v) is 2.75. The van der Waals surface area contributed by atoms with Crippen LogP contribution in [0.5, 0.6) is 5.75 Å². The number of ether oxygens (including phenoxy) is 1. The number of benzene rings is 1. The number of hydrogen-bond donors (Lipinski definition) is 2. The van der Waals surface area contributed by atoms with E-state index in [0.717, 1.165) is 11.4 Å². The first kappa shape index (κ1) is 14.8. The van der Waals surface area contributed by atoms with Crippen molar-refractivity contribution in [1.29, 1.82) is 0 Å². The fourth-order valence-electron chi connectivity index (χ4n) is 1.72. The van der Waals surface area contributed by atoms with E-state index in [9.17, 15) is 4.79 Å². The Kier molecular flexibility index (Phi) is 4.77. The predicted molar refractivity (Wildman–Crippen MR) is 80.2 cm³/mol. The molecule has 5 heteroatoms. The molecule has 0 spiro atoms. The van der Waals surface area contributed by atoms with Gasteiger partial charge in [-0.25, -0.2) is 4.79 Å². The molecule has 0 bridgehead atoms. The number of rotatable bonds is 5. The zero-order valence-electron chi connectivity index (χ0n) is 12.0. The van der Waals surface area contributed by atoms with Gasteiger partial charge in [-0.1, -0.05) is 0 Å². The zero-order valence-corrected chi connectivity index (χ0v) is 12.0. The third-order valence-electron chi connectivity index (χ3n) is 2.75. The van der Waals surface area contributed by atoms with E-state index in [2.05, 4.69) is 10.3 Å². The molecule has 1 aromatic heterocycles. The Hall–Kier alpha value is -2.56. The Morgan fingerprint density at radius 3 is 2.52 bits per heavy atom. The van der Waals surface area contributed by atoms with Gasteiger partial charge in [0.05, 0.1) is 30.1 Å². The van der Waals surface area contributed by atoms with Crippen LogP contribution in [0.25, 0.3) is 0 Å². The summed E-state index contributed by atoms with van der Waals surface area (Å²) in [5.41, 5.74) is 2.22. The molecular formula is C16H18N2O3. The van der Waals surface area contributed by atoms with Gasteiger partial charge in [-0.2, -0.15) is 0 Å². The Balaban J connectivity index is 1.93. The fourth-order valence-corrected chi connectivity index (χ4v) is 1.72. The first-order valence-corrected chi connectivity index (χ1v) is 6.73. The number of anilines is 1. The summed E-state index contributed by atoms with van der Waals surface area (Å²) in [5, 5.41) is 12.4. The molecule has 0 unspecified atom stereocenters. The quantitative estimate of drug-likeness (QED) is 0.827. The van der Waals surface area contributed by atoms with Crippen LogP contribution < -0.4 is 5.32 Å². The second kappa shape index (κ2) is 6.74. The summed E-state index contributed by atoms with van der Waals surface area (Å²) < 4.78 is 5.12. The van der Waals surface area contributed by atoms with Gasteiger partial charge in [0.2, 0.25) is 0 Å². The van der Waals surface area contributed by atoms with Crippen molar-refractivity contribution < 1.29 is 14.6 Å². The van der Waals surface area contributed by atoms with E-state index in [1.54, 1.807) is 24.3 Å². The smallest absolute Gasteiger partial charge is 0.338 e. The molecule has 0 atom stereocenters. The van der Waals surface area contributed by atoms with Crippen molar-refractivity contribution in [2.24, 2.45) is 0 Å². The molecule has 0 aliphatic rings. The number of hydrogen-bond acceptors (Lipinski definition) is 5. The van der Waals surface area contributed by atoms with E-state index in [0.29, 0.717) is 12.1 Å². The van der Waals surface area contributed by atoms with Crippen molar-refractivity contribution >= 4 is 11.7 Å². The van der Waals surface area contributed by atoms with Gasteiger partial charge in [-0.05, 0) is 50.2 Å². The molecule has 0 aliphatic carbocycles. The van der Waals surface area contributed by atoms with Crippen LogP contribution in [0.3, 0.4) is 0 Å². The largest absolute Gasteiger partial charge is 0.506 e. The van der Waals surface area contributed by atoms with Crippen LogP contribution in [-0.4, -0.2) is 22.2 Å². The van der Waals surface area contributed by atoms with Crippen LogP contribution in [0.2, 0.25) is 0 Å². The summed E-state index contributed by atoms with van der Waals surface area (Å²) in [6.07, 6.45) is 1.28. The van der Waals surface area contributed by atoms with Crippen molar-refractivity contribution in [1.82, 2.24) is 4.98 Å². The monoisotopic (exact) mass is 286 g/mol. The molecule has 0 saturated heterocycles. The molecule has 0 aliphatic heterocycles. The van der Waals surface area contributed by atoms with Gasteiger partial charge in [0, 0.05) is 5.69 Å². The summed E-state index contributed by atoms with van der Waals surface area (Å²) in [6.45, 7) is 4.17. The number of aromatic hydroxyl groups is 1. The maximum absolute atomic E-state index is 11.7. The number of carbonyl (C=O) groups is 1. The van der Waals surface area contributed by atoms with Crippen molar-refractivity contribution in [3.05, 3.63) is 53.9 Å². The number of nitrogens with zero attached hydrogens (tertiary/aromatic N) is 1. The van der Waals surface area contributed by atoms with Crippen LogP contribution in [0.1, 0.15) is 29.9 Å². The van der Waals surface area contributed by atoms with Gasteiger partial charge in [-0.15, -0.1) is 0 Å². The second-order valence-corrected chi connectivity index (χ2v) is 4.89. The van der Waals surface area contributed by atoms with Gasteiger partial charge in [0.15, 0.2) is 0 Å². The lowest BCUT2D eigenvalue weighted by Crippen LogP contribution is -2.11. The fraction of sp³-hybridized carbons (Fsp3) is 0.250. The highest BCUT2D eigenvalue weighted by Crippen LogP contribution is 2.13. The minimum atomic E-state index is -0.322. The number of esters is 1. The van der Waals surface area contributed by atoms with E-state index in [1.165, 1.54) is 6.20 Å². The Labute approximate surface area is 123 Å². The first-order chi connectivity index (χ1) is 10.0. The van der Waals surface area contributed by atoms with Gasteiger partial charge in [0.1, 0.15) is 5.75 Å². The highest BCUT2D eigenvalue weighted by Gasteiger charge is 2.08. The first-order valence-electron chi connectivity index (χ1n) is 6.73. The average Bonchev–Trinajstić information content (AvgIpc) is 2.46. The van der Waals surface area contributed by atoms with Crippen LogP contribution in [0, 0.1) is 0 Å². The van der Waals surface area contributed by atoms with Crippen LogP contribution in [0.4, 0.5) is 5.69 Å². The van der Waals surface area contributed by atoms with Crippen LogP contribution in [-0.2, 0) is 11.3 Å². The molecule has 110 valence electrons. The van der Waals surface area contributed by atoms with Gasteiger partial charge >= 0.3 is 5.97 Å². The normalized spacial score (nSPS) is 10.4. The summed E-state index contributed by atoms with van der Waals surface area (Å²) >= 11 is 0. The lowest BCUT2D eigenvalue weighted by Gasteiger charge is -2.09. The third kappa shape index (κ3) is 4.49. The van der Waals surface area contributed by atoms with Gasteiger partial charge < -0.3 is 15.2 Å². The summed E-state index contributed by atoms with van der Waals surface area (Å²) in [6, 6.07) is 10.4. The molecule has 1 aromatic carbocycles. The van der Waals surface area contributed by atoms with E-state index >= 15 is 0 Å².